The number of hydrogen-bond donors (Lipinski definition) is 5. The quantitative estimate of drug-likeness (QED) is 0.193. The molecule has 0 saturated heterocycles. The highest BCUT2D eigenvalue weighted by Crippen LogP contribution is 1.25. The van der Waals surface area contributed by atoms with Gasteiger partial charge in [-0.1, -0.05) is 0 Å². The number of urea groups is 1. The van der Waals surface area contributed by atoms with E-state index in [4.69, 9.17) is 15.0 Å². The minimum atomic E-state index is -0.833. The lowest BCUT2D eigenvalue weighted by Gasteiger charge is -1.69. The van der Waals surface area contributed by atoms with Crippen molar-refractivity contribution in [1.29, 1.82) is 5.41 Å². The molecule has 2 amide bonds. The summed E-state index contributed by atoms with van der Waals surface area (Å²) in [5.41, 5.74) is 17.4. The molecule has 0 spiro atoms. The van der Waals surface area contributed by atoms with Crippen LogP contribution in [0.5, 0.6) is 0 Å². The number of hydrogen-bond acceptors (Lipinski definition) is 3. The predicted octanol–water partition coefficient (Wildman–Crippen LogP) is -2.32. The third-order valence-electron chi connectivity index (χ3n) is 0. The lowest BCUT2D eigenvalue weighted by Crippen LogP contribution is -2.20. The van der Waals surface area contributed by atoms with E-state index in [-0.39, 0.29) is 5.96 Å². The van der Waals surface area contributed by atoms with Gasteiger partial charge in [0.2, 0.25) is 0 Å². The number of amides is 2. The van der Waals surface area contributed by atoms with E-state index in [0.29, 0.717) is 0 Å². The molecule has 0 heterocycles. The standard InChI is InChI=1S/CH5N3.CH4N2O.CH2O/c2*2-1(3)4;1-2/h(H5,2,3,4);(H4,2,3,4);1H2. The highest BCUT2D eigenvalue weighted by molar-refractivity contribution is 5.71. The van der Waals surface area contributed by atoms with Gasteiger partial charge < -0.3 is 27.7 Å². The monoisotopic (exact) mass is 149 g/mol. The van der Waals surface area contributed by atoms with Crippen molar-refractivity contribution >= 4 is 18.8 Å². The predicted molar refractivity (Wildman–Crippen MR) is 37.0 cm³/mol. The number of rotatable bonds is 0. The maximum absolute atomic E-state index is 9.00. The topological polar surface area (TPSA) is 162 Å². The molecule has 0 aliphatic carbocycles. The van der Waals surface area contributed by atoms with Crippen molar-refractivity contribution in [3.05, 3.63) is 0 Å². The van der Waals surface area contributed by atoms with Gasteiger partial charge >= 0.3 is 6.03 Å². The summed E-state index contributed by atoms with van der Waals surface area (Å²) in [7, 11) is 0. The molecule has 60 valence electrons. The van der Waals surface area contributed by atoms with Gasteiger partial charge in [-0.15, -0.1) is 0 Å². The summed E-state index contributed by atoms with van der Waals surface area (Å²) in [6.07, 6.45) is 0. The average Bonchev–Trinajstić information content (AvgIpc) is 1.66. The second kappa shape index (κ2) is 15.7. The number of guanidine groups is 1. The van der Waals surface area contributed by atoms with Crippen molar-refractivity contribution in [2.45, 2.75) is 0 Å². The Morgan fingerprint density at radius 3 is 1.10 bits per heavy atom. The van der Waals surface area contributed by atoms with E-state index in [2.05, 4.69) is 22.9 Å². The second-order valence-electron chi connectivity index (χ2n) is 0.858. The second-order valence-corrected chi connectivity index (χ2v) is 0.858. The fourth-order valence-electron chi connectivity index (χ4n) is 0. The van der Waals surface area contributed by atoms with E-state index < -0.39 is 6.03 Å². The van der Waals surface area contributed by atoms with E-state index >= 15 is 0 Å². The molecule has 0 saturated carbocycles. The Balaban J connectivity index is -0.0000000787. The average molecular weight is 149 g/mol. The van der Waals surface area contributed by atoms with E-state index in [0.717, 1.165) is 0 Å². The molecular weight excluding hydrogens is 138 g/mol. The van der Waals surface area contributed by atoms with Gasteiger partial charge in [0.1, 0.15) is 6.79 Å². The lowest BCUT2D eigenvalue weighted by atomic mass is 11.1. The van der Waals surface area contributed by atoms with E-state index in [1.54, 1.807) is 0 Å². The fourth-order valence-corrected chi connectivity index (χ4v) is 0. The van der Waals surface area contributed by atoms with Crippen LogP contribution in [0, 0.1) is 5.41 Å². The highest BCUT2D eigenvalue weighted by Gasteiger charge is 1.60. The van der Waals surface area contributed by atoms with Gasteiger partial charge in [0.25, 0.3) is 0 Å². The molecule has 0 aromatic heterocycles. The van der Waals surface area contributed by atoms with Gasteiger partial charge in [-0.2, -0.15) is 0 Å². The fraction of sp³-hybridized carbons (Fsp3) is 0. The van der Waals surface area contributed by atoms with Crippen LogP contribution in [0.1, 0.15) is 0 Å². The van der Waals surface area contributed by atoms with Gasteiger partial charge in [-0.25, -0.2) is 4.79 Å². The molecule has 0 aromatic rings. The number of primary amides is 2. The molecule has 0 bridgehead atoms. The van der Waals surface area contributed by atoms with Crippen LogP contribution in [-0.4, -0.2) is 18.8 Å². The first-order chi connectivity index (χ1) is 4.46. The molecule has 0 radical (unpaired) electrons. The van der Waals surface area contributed by atoms with Crippen LogP contribution in [0.15, 0.2) is 0 Å². The van der Waals surface area contributed by atoms with Gasteiger partial charge in [0.15, 0.2) is 5.96 Å². The minimum absolute atomic E-state index is 0.333. The zero-order chi connectivity index (χ0) is 9.15. The Labute approximate surface area is 57.8 Å². The van der Waals surface area contributed by atoms with Crippen LogP contribution in [0.3, 0.4) is 0 Å². The van der Waals surface area contributed by atoms with E-state index in [1.807, 2.05) is 6.79 Å². The van der Waals surface area contributed by atoms with Crippen molar-refractivity contribution in [3.8, 4) is 0 Å². The molecule has 9 N–H and O–H groups in total. The largest absolute Gasteiger partial charge is 0.370 e. The smallest absolute Gasteiger partial charge is 0.309 e. The van der Waals surface area contributed by atoms with Crippen molar-refractivity contribution in [1.82, 2.24) is 0 Å². The molecule has 0 aromatic carbocycles. The summed E-state index contributed by atoms with van der Waals surface area (Å²) in [5.74, 6) is -0.333. The minimum Gasteiger partial charge on any atom is -0.370 e. The van der Waals surface area contributed by atoms with Crippen molar-refractivity contribution in [2.75, 3.05) is 0 Å². The van der Waals surface area contributed by atoms with Crippen molar-refractivity contribution in [3.63, 3.8) is 0 Å². The summed E-state index contributed by atoms with van der Waals surface area (Å²) in [4.78, 5) is 17.0. The summed E-state index contributed by atoms with van der Waals surface area (Å²) < 4.78 is 0. The van der Waals surface area contributed by atoms with Crippen molar-refractivity contribution < 1.29 is 9.59 Å². The number of carbonyl (C=O) groups is 2. The Kier molecular flexibility index (Phi) is 24.7. The summed E-state index contributed by atoms with van der Waals surface area (Å²) in [6.45, 7) is 2.00. The zero-order valence-corrected chi connectivity index (χ0v) is 5.33. The SMILES string of the molecule is C=O.N=C(N)N.NC(N)=O. The van der Waals surface area contributed by atoms with Gasteiger partial charge in [0, 0.05) is 0 Å². The lowest BCUT2D eigenvalue weighted by molar-refractivity contribution is -0.0979. The van der Waals surface area contributed by atoms with Crippen LogP contribution >= 0.6 is 0 Å². The summed E-state index contributed by atoms with van der Waals surface area (Å²) in [5, 5.41) is 6.06. The Hall–Kier alpha value is -1.79. The summed E-state index contributed by atoms with van der Waals surface area (Å²) >= 11 is 0. The Morgan fingerprint density at radius 2 is 1.10 bits per heavy atom. The molecule has 10 heavy (non-hydrogen) atoms. The third-order valence-corrected chi connectivity index (χ3v) is 0. The molecule has 0 unspecified atom stereocenters. The van der Waals surface area contributed by atoms with Gasteiger partial charge in [0.05, 0.1) is 0 Å². The summed E-state index contributed by atoms with van der Waals surface area (Å²) in [6, 6.07) is -0.833. The first-order valence-electron chi connectivity index (χ1n) is 1.90. The number of nitrogens with one attached hydrogen (secondary N) is 1. The van der Waals surface area contributed by atoms with Gasteiger partial charge in [-0.05, 0) is 0 Å². The molecule has 0 fully saturated rings. The van der Waals surface area contributed by atoms with E-state index in [9.17, 15) is 0 Å². The number of nitrogens with two attached hydrogens (primary N) is 4. The van der Waals surface area contributed by atoms with E-state index in [1.165, 1.54) is 0 Å². The molecular formula is C3H11N5O2. The first kappa shape index (κ1) is 15.7. The molecule has 0 aliphatic heterocycles. The molecule has 0 rings (SSSR count). The van der Waals surface area contributed by atoms with Crippen LogP contribution < -0.4 is 22.9 Å². The normalized spacial score (nSPS) is 5.20. The van der Waals surface area contributed by atoms with Gasteiger partial charge in [-0.3, -0.25) is 5.41 Å². The van der Waals surface area contributed by atoms with Crippen LogP contribution in [0.2, 0.25) is 0 Å². The molecule has 0 aliphatic rings. The maximum Gasteiger partial charge on any atom is 0.309 e. The molecule has 7 heteroatoms. The maximum atomic E-state index is 9.00. The van der Waals surface area contributed by atoms with Crippen LogP contribution in [-0.2, 0) is 4.79 Å². The molecule has 0 atom stereocenters. The van der Waals surface area contributed by atoms with Crippen LogP contribution in [0.25, 0.3) is 0 Å². The number of carbonyl (C=O) groups excluding carboxylic acids is 2. The van der Waals surface area contributed by atoms with Crippen molar-refractivity contribution in [2.24, 2.45) is 22.9 Å². The Bertz CT molecular complexity index is 83.1. The first-order valence-corrected chi connectivity index (χ1v) is 1.90. The van der Waals surface area contributed by atoms with Crippen LogP contribution in [0.4, 0.5) is 4.79 Å². The zero-order valence-electron chi connectivity index (χ0n) is 5.33. The highest BCUT2D eigenvalue weighted by atomic mass is 16.2. The molecule has 7 nitrogen and oxygen atoms in total. The third kappa shape index (κ3) is 52.6. The Morgan fingerprint density at radius 1 is 1.10 bits per heavy atom.